The number of fused-ring (bicyclic) bond motifs is 10. The molecule has 55 heavy (non-hydrogen) atoms. The van der Waals surface area contributed by atoms with E-state index in [2.05, 4.69) is 216 Å². The molecule has 0 spiro atoms. The van der Waals surface area contributed by atoms with Gasteiger partial charge in [-0.3, -0.25) is 0 Å². The van der Waals surface area contributed by atoms with Gasteiger partial charge in [-0.15, -0.1) is 0 Å². The van der Waals surface area contributed by atoms with Gasteiger partial charge in [0.05, 0.1) is 38.8 Å². The second-order valence-electron chi connectivity index (χ2n) is 15.8. The predicted octanol–water partition coefficient (Wildman–Crippen LogP) is 13.9. The van der Waals surface area contributed by atoms with E-state index in [4.69, 9.17) is 0 Å². The number of hydrogen-bond donors (Lipinski definition) is 0. The van der Waals surface area contributed by atoms with E-state index in [-0.39, 0.29) is 5.41 Å². The third-order valence-corrected chi connectivity index (χ3v) is 11.6. The van der Waals surface area contributed by atoms with Crippen molar-refractivity contribution in [3.63, 3.8) is 0 Å². The molecule has 11 aromatic rings. The van der Waals surface area contributed by atoms with Crippen LogP contribution in [0.3, 0.4) is 0 Å². The molecule has 0 saturated carbocycles. The van der Waals surface area contributed by atoms with Crippen LogP contribution in [0.4, 0.5) is 0 Å². The number of benzene rings is 8. The third-order valence-electron chi connectivity index (χ3n) is 11.6. The van der Waals surface area contributed by atoms with Gasteiger partial charge in [0.25, 0.3) is 0 Å². The lowest BCUT2D eigenvalue weighted by molar-refractivity contribution is 0.594. The molecule has 0 aliphatic heterocycles. The molecular weight excluding hydrogens is 667 g/mol. The van der Waals surface area contributed by atoms with Crippen molar-refractivity contribution < 1.29 is 0 Å². The van der Waals surface area contributed by atoms with E-state index in [0.717, 1.165) is 0 Å². The average molecular weight is 706 g/mol. The Hall–Kier alpha value is -6.84. The van der Waals surface area contributed by atoms with Gasteiger partial charge in [-0.2, -0.15) is 0 Å². The fourth-order valence-corrected chi connectivity index (χ4v) is 9.23. The molecule has 0 N–H and O–H groups in total. The van der Waals surface area contributed by atoms with Crippen molar-refractivity contribution in [3.8, 4) is 28.2 Å². The van der Waals surface area contributed by atoms with Gasteiger partial charge in [0, 0.05) is 49.3 Å². The number of aromatic nitrogens is 3. The molecular formula is C52H39N3. The Labute approximate surface area is 319 Å². The molecule has 8 aromatic carbocycles. The summed E-state index contributed by atoms with van der Waals surface area (Å²) in [6.45, 7) is 6.94. The number of hydrogen-bond acceptors (Lipinski definition) is 0. The normalized spacial score (nSPS) is 12.3. The van der Waals surface area contributed by atoms with Crippen LogP contribution >= 0.6 is 0 Å². The first-order valence-corrected chi connectivity index (χ1v) is 19.2. The molecule has 262 valence electrons. The highest BCUT2D eigenvalue weighted by molar-refractivity contribution is 6.29. The van der Waals surface area contributed by atoms with Crippen molar-refractivity contribution in [1.29, 1.82) is 0 Å². The Morgan fingerprint density at radius 3 is 1.55 bits per heavy atom. The van der Waals surface area contributed by atoms with Crippen LogP contribution in [-0.2, 0) is 5.41 Å². The van der Waals surface area contributed by atoms with Crippen LogP contribution in [0.15, 0.2) is 182 Å². The molecule has 0 unspecified atom stereocenters. The van der Waals surface area contributed by atoms with E-state index < -0.39 is 0 Å². The minimum atomic E-state index is -0.0226. The first-order chi connectivity index (χ1) is 27.0. The number of nitrogens with zero attached hydrogens (tertiary/aromatic N) is 3. The van der Waals surface area contributed by atoms with E-state index in [1.165, 1.54) is 99.2 Å². The predicted molar refractivity (Wildman–Crippen MR) is 234 cm³/mol. The summed E-state index contributed by atoms with van der Waals surface area (Å²) < 4.78 is 7.37. The summed E-state index contributed by atoms with van der Waals surface area (Å²) in [7, 11) is 0. The summed E-state index contributed by atoms with van der Waals surface area (Å²) in [5, 5.41) is 7.62. The van der Waals surface area contributed by atoms with Gasteiger partial charge >= 0.3 is 0 Å². The Balaban J connectivity index is 1.20. The third kappa shape index (κ3) is 4.63. The van der Waals surface area contributed by atoms with Crippen LogP contribution in [0.25, 0.3) is 93.6 Å². The summed E-state index contributed by atoms with van der Waals surface area (Å²) in [5.41, 5.74) is 14.6. The lowest BCUT2D eigenvalue weighted by atomic mass is 9.85. The Kier molecular flexibility index (Phi) is 6.81. The van der Waals surface area contributed by atoms with Gasteiger partial charge in [-0.05, 0) is 83.3 Å². The molecule has 3 nitrogen and oxygen atoms in total. The molecule has 0 atom stereocenters. The molecule has 0 fully saturated rings. The average Bonchev–Trinajstić information content (AvgIpc) is 3.86. The topological polar surface area (TPSA) is 14.8 Å². The largest absolute Gasteiger partial charge is 0.309 e. The summed E-state index contributed by atoms with van der Waals surface area (Å²) >= 11 is 0. The maximum Gasteiger partial charge on any atom is 0.0578 e. The quantitative estimate of drug-likeness (QED) is 0.173. The van der Waals surface area contributed by atoms with Crippen LogP contribution in [0.1, 0.15) is 26.3 Å². The SMILES string of the molecule is CC(C)(C)c1cccc2c3cc(-c4ccccc4-n4c5ccccc5c5c6c7ccccc7n(-c7ccccc7)c6ccc54)ccc3n(-c3ccccc3)c12. The van der Waals surface area contributed by atoms with Crippen molar-refractivity contribution in [1.82, 2.24) is 13.7 Å². The van der Waals surface area contributed by atoms with Crippen LogP contribution in [0, 0.1) is 0 Å². The maximum absolute atomic E-state index is 2.49. The van der Waals surface area contributed by atoms with Crippen molar-refractivity contribution in [2.24, 2.45) is 0 Å². The van der Waals surface area contributed by atoms with E-state index >= 15 is 0 Å². The molecule has 0 bridgehead atoms. The van der Waals surface area contributed by atoms with Gasteiger partial charge < -0.3 is 13.7 Å². The molecule has 3 aromatic heterocycles. The molecule has 0 radical (unpaired) electrons. The number of para-hydroxylation sites is 6. The molecule has 0 aliphatic carbocycles. The van der Waals surface area contributed by atoms with E-state index in [1.807, 2.05) is 0 Å². The van der Waals surface area contributed by atoms with Crippen LogP contribution in [0.2, 0.25) is 0 Å². The van der Waals surface area contributed by atoms with Gasteiger partial charge in [0.1, 0.15) is 0 Å². The monoisotopic (exact) mass is 705 g/mol. The highest BCUT2D eigenvalue weighted by Gasteiger charge is 2.24. The first-order valence-electron chi connectivity index (χ1n) is 19.2. The zero-order chi connectivity index (χ0) is 36.8. The lowest BCUT2D eigenvalue weighted by Crippen LogP contribution is -2.13. The Morgan fingerprint density at radius 1 is 0.364 bits per heavy atom. The second-order valence-corrected chi connectivity index (χ2v) is 15.8. The summed E-state index contributed by atoms with van der Waals surface area (Å²) in [6, 6.07) is 66.8. The van der Waals surface area contributed by atoms with Gasteiger partial charge in [-0.1, -0.05) is 136 Å². The van der Waals surface area contributed by atoms with Gasteiger partial charge in [0.2, 0.25) is 0 Å². The minimum Gasteiger partial charge on any atom is -0.309 e. The molecule has 0 amide bonds. The van der Waals surface area contributed by atoms with E-state index in [9.17, 15) is 0 Å². The van der Waals surface area contributed by atoms with Crippen molar-refractivity contribution >= 4 is 65.4 Å². The fraction of sp³-hybridized carbons (Fsp3) is 0.0769. The Morgan fingerprint density at radius 2 is 0.873 bits per heavy atom. The zero-order valence-corrected chi connectivity index (χ0v) is 31.2. The van der Waals surface area contributed by atoms with Crippen LogP contribution in [0.5, 0.6) is 0 Å². The fourth-order valence-electron chi connectivity index (χ4n) is 9.23. The smallest absolute Gasteiger partial charge is 0.0578 e. The molecule has 11 rings (SSSR count). The molecule has 0 aliphatic rings. The maximum atomic E-state index is 2.49. The summed E-state index contributed by atoms with van der Waals surface area (Å²) in [4.78, 5) is 0. The highest BCUT2D eigenvalue weighted by Crippen LogP contribution is 2.45. The highest BCUT2D eigenvalue weighted by atomic mass is 15.0. The van der Waals surface area contributed by atoms with E-state index in [1.54, 1.807) is 0 Å². The first kappa shape index (κ1) is 31.7. The summed E-state index contributed by atoms with van der Waals surface area (Å²) in [6.07, 6.45) is 0. The van der Waals surface area contributed by atoms with E-state index in [0.29, 0.717) is 0 Å². The standard InChI is InChI=1S/C52H39N3/c1-52(2,3)42-25-16-24-38-41-33-34(29-30-46(41)54(51(38)42)36-19-8-5-9-20-36)37-21-10-13-26-43(37)55-45-28-15-12-23-40(45)50-48(55)32-31-47-49(50)39-22-11-14-27-44(39)53(47)35-17-6-4-7-18-35/h4-33H,1-3H3. The lowest BCUT2D eigenvalue weighted by Gasteiger charge is -2.22. The van der Waals surface area contributed by atoms with Crippen molar-refractivity contribution in [2.45, 2.75) is 26.2 Å². The number of rotatable bonds is 4. The van der Waals surface area contributed by atoms with Gasteiger partial charge in [-0.25, -0.2) is 0 Å². The van der Waals surface area contributed by atoms with Crippen LogP contribution < -0.4 is 0 Å². The second kappa shape index (κ2) is 11.8. The van der Waals surface area contributed by atoms with Gasteiger partial charge in [0.15, 0.2) is 0 Å². The summed E-state index contributed by atoms with van der Waals surface area (Å²) in [5.74, 6) is 0. The zero-order valence-electron chi connectivity index (χ0n) is 31.2. The molecule has 0 saturated heterocycles. The minimum absolute atomic E-state index is 0.0226. The van der Waals surface area contributed by atoms with Crippen LogP contribution in [-0.4, -0.2) is 13.7 Å². The van der Waals surface area contributed by atoms with Crippen molar-refractivity contribution in [2.75, 3.05) is 0 Å². The Bertz CT molecular complexity index is 3280. The molecule has 3 heteroatoms. The molecule has 3 heterocycles. The van der Waals surface area contributed by atoms with Crippen molar-refractivity contribution in [3.05, 3.63) is 188 Å².